The van der Waals surface area contributed by atoms with E-state index in [1.54, 1.807) is 0 Å². The summed E-state index contributed by atoms with van der Waals surface area (Å²) in [6, 6.07) is 14.8. The highest BCUT2D eigenvalue weighted by Gasteiger charge is 2.05. The Labute approximate surface area is 96.7 Å². The first-order valence-corrected chi connectivity index (χ1v) is 5.38. The minimum atomic E-state index is 0.831. The molecule has 0 N–H and O–H groups in total. The second-order valence-corrected chi connectivity index (χ2v) is 4.07. The van der Waals surface area contributed by atoms with Gasteiger partial charge >= 0.3 is 0 Å². The molecule has 1 heteroatoms. The Bertz CT molecular complexity index is 463. The Balaban J connectivity index is 2.35. The number of hydrogen-bond donors (Lipinski definition) is 0. The van der Waals surface area contributed by atoms with Crippen molar-refractivity contribution in [2.24, 2.45) is 0 Å². The Morgan fingerprint density at radius 3 is 2.31 bits per heavy atom. The molecule has 0 spiro atoms. The number of ether oxygens (including phenoxy) is 1. The van der Waals surface area contributed by atoms with Gasteiger partial charge in [0.25, 0.3) is 0 Å². The monoisotopic (exact) mass is 211 g/mol. The van der Waals surface area contributed by atoms with Crippen molar-refractivity contribution < 1.29 is 4.74 Å². The second kappa shape index (κ2) is 4.40. The van der Waals surface area contributed by atoms with E-state index in [-0.39, 0.29) is 0 Å². The molecule has 2 rings (SSSR count). The highest BCUT2D eigenvalue weighted by molar-refractivity contribution is 5.45. The molecule has 0 atom stereocenters. The van der Waals surface area contributed by atoms with Crippen LogP contribution in [0.3, 0.4) is 0 Å². The summed E-state index contributed by atoms with van der Waals surface area (Å²) < 4.78 is 5.86. The van der Waals surface area contributed by atoms with Gasteiger partial charge in [-0.25, -0.2) is 0 Å². The van der Waals surface area contributed by atoms with Crippen LogP contribution in [0, 0.1) is 26.8 Å². The molecule has 0 aliphatic heterocycles. The van der Waals surface area contributed by atoms with Crippen LogP contribution in [0.4, 0.5) is 0 Å². The van der Waals surface area contributed by atoms with Crippen molar-refractivity contribution in [2.75, 3.05) is 0 Å². The average Bonchev–Trinajstić information content (AvgIpc) is 2.25. The van der Waals surface area contributed by atoms with E-state index in [1.807, 2.05) is 24.3 Å². The molecule has 2 aromatic rings. The largest absolute Gasteiger partial charge is 0.457 e. The molecule has 0 saturated carbocycles. The quantitative estimate of drug-likeness (QED) is 0.723. The molecular formula is C15H15O. The lowest BCUT2D eigenvalue weighted by molar-refractivity contribution is 0.475. The average molecular weight is 211 g/mol. The zero-order valence-electron chi connectivity index (χ0n) is 9.87. The van der Waals surface area contributed by atoms with Gasteiger partial charge in [-0.1, -0.05) is 29.8 Å². The maximum absolute atomic E-state index is 5.86. The third-order valence-corrected chi connectivity index (χ3v) is 2.50. The van der Waals surface area contributed by atoms with Crippen molar-refractivity contribution in [3.05, 3.63) is 59.2 Å². The summed E-state index contributed by atoms with van der Waals surface area (Å²) in [5.74, 6) is 1.78. The van der Waals surface area contributed by atoms with E-state index < -0.39 is 0 Å². The van der Waals surface area contributed by atoms with Crippen molar-refractivity contribution in [3.63, 3.8) is 0 Å². The van der Waals surface area contributed by atoms with Crippen molar-refractivity contribution in [1.29, 1.82) is 0 Å². The summed E-state index contributed by atoms with van der Waals surface area (Å²) >= 11 is 0. The van der Waals surface area contributed by atoms with Crippen molar-refractivity contribution in [3.8, 4) is 11.5 Å². The second-order valence-electron chi connectivity index (χ2n) is 4.07. The smallest absolute Gasteiger partial charge is 0.133 e. The first kappa shape index (κ1) is 10.7. The maximum atomic E-state index is 5.86. The molecule has 16 heavy (non-hydrogen) atoms. The summed E-state index contributed by atoms with van der Waals surface area (Å²) in [5.41, 5.74) is 3.60. The van der Waals surface area contributed by atoms with Crippen molar-refractivity contribution >= 4 is 0 Å². The fourth-order valence-electron chi connectivity index (χ4n) is 1.89. The molecule has 0 unspecified atom stereocenters. The van der Waals surface area contributed by atoms with Crippen LogP contribution in [0.5, 0.6) is 11.5 Å². The van der Waals surface area contributed by atoms with Crippen LogP contribution in [-0.4, -0.2) is 0 Å². The van der Waals surface area contributed by atoms with E-state index in [0.29, 0.717) is 0 Å². The number of aryl methyl sites for hydroxylation is 3. The Kier molecular flexibility index (Phi) is 2.95. The van der Waals surface area contributed by atoms with Gasteiger partial charge < -0.3 is 4.74 Å². The molecule has 0 fully saturated rings. The first-order valence-electron chi connectivity index (χ1n) is 5.38. The summed E-state index contributed by atoms with van der Waals surface area (Å²) in [6.07, 6.45) is 0. The maximum Gasteiger partial charge on any atom is 0.133 e. The van der Waals surface area contributed by atoms with Gasteiger partial charge in [-0.05, 0) is 50.1 Å². The van der Waals surface area contributed by atoms with Crippen LogP contribution in [0.2, 0.25) is 0 Å². The topological polar surface area (TPSA) is 9.23 Å². The van der Waals surface area contributed by atoms with Gasteiger partial charge in [-0.3, -0.25) is 0 Å². The minimum Gasteiger partial charge on any atom is -0.457 e. The fraction of sp³-hybridized carbons (Fsp3) is 0.200. The SMILES string of the molecule is Cc1cc(C)c(Oc2c[c]ccc2)c(C)c1. The Morgan fingerprint density at radius 1 is 1.06 bits per heavy atom. The van der Waals surface area contributed by atoms with Crippen LogP contribution in [-0.2, 0) is 0 Å². The van der Waals surface area contributed by atoms with E-state index >= 15 is 0 Å². The predicted octanol–water partition coefficient (Wildman–Crippen LogP) is 4.20. The fourth-order valence-corrected chi connectivity index (χ4v) is 1.89. The molecule has 0 bridgehead atoms. The summed E-state index contributed by atoms with van der Waals surface area (Å²) in [7, 11) is 0. The third kappa shape index (κ3) is 2.25. The normalized spacial score (nSPS) is 10.2. The predicted molar refractivity (Wildman–Crippen MR) is 66.0 cm³/mol. The summed E-state index contributed by atoms with van der Waals surface area (Å²) in [5, 5.41) is 0. The van der Waals surface area contributed by atoms with E-state index in [2.05, 4.69) is 39.0 Å². The van der Waals surface area contributed by atoms with Gasteiger partial charge in [-0.2, -0.15) is 0 Å². The molecule has 0 aliphatic carbocycles. The zero-order valence-corrected chi connectivity index (χ0v) is 9.87. The highest BCUT2D eigenvalue weighted by atomic mass is 16.5. The summed E-state index contributed by atoms with van der Waals surface area (Å²) in [6.45, 7) is 6.24. The molecule has 0 heterocycles. The Morgan fingerprint density at radius 2 is 1.75 bits per heavy atom. The molecule has 0 aromatic heterocycles. The van der Waals surface area contributed by atoms with Gasteiger partial charge in [0.05, 0.1) is 0 Å². The van der Waals surface area contributed by atoms with E-state index in [1.165, 1.54) is 16.7 Å². The van der Waals surface area contributed by atoms with E-state index in [9.17, 15) is 0 Å². The van der Waals surface area contributed by atoms with E-state index in [4.69, 9.17) is 4.74 Å². The van der Waals surface area contributed by atoms with Gasteiger partial charge in [0.2, 0.25) is 0 Å². The van der Waals surface area contributed by atoms with Crippen LogP contribution in [0.15, 0.2) is 36.4 Å². The van der Waals surface area contributed by atoms with E-state index in [0.717, 1.165) is 11.5 Å². The number of hydrogen-bond acceptors (Lipinski definition) is 1. The lowest BCUT2D eigenvalue weighted by atomic mass is 10.1. The molecule has 2 aromatic carbocycles. The summed E-state index contributed by atoms with van der Waals surface area (Å²) in [4.78, 5) is 0. The van der Waals surface area contributed by atoms with Gasteiger partial charge in [0.1, 0.15) is 11.5 Å². The van der Waals surface area contributed by atoms with Gasteiger partial charge in [0.15, 0.2) is 0 Å². The zero-order chi connectivity index (χ0) is 11.5. The molecule has 0 aliphatic rings. The lowest BCUT2D eigenvalue weighted by Crippen LogP contribution is -1.92. The first-order chi connectivity index (χ1) is 7.66. The molecule has 1 nitrogen and oxygen atoms in total. The van der Waals surface area contributed by atoms with Crippen LogP contribution in [0.1, 0.15) is 16.7 Å². The van der Waals surface area contributed by atoms with Crippen LogP contribution < -0.4 is 4.74 Å². The molecule has 1 radical (unpaired) electrons. The van der Waals surface area contributed by atoms with Crippen molar-refractivity contribution in [1.82, 2.24) is 0 Å². The molecule has 0 saturated heterocycles. The molecule has 81 valence electrons. The van der Waals surface area contributed by atoms with Crippen LogP contribution >= 0.6 is 0 Å². The highest BCUT2D eigenvalue weighted by Crippen LogP contribution is 2.29. The third-order valence-electron chi connectivity index (χ3n) is 2.50. The van der Waals surface area contributed by atoms with Crippen molar-refractivity contribution in [2.45, 2.75) is 20.8 Å². The number of rotatable bonds is 2. The molecular weight excluding hydrogens is 196 g/mol. The van der Waals surface area contributed by atoms with Gasteiger partial charge in [-0.15, -0.1) is 0 Å². The Hall–Kier alpha value is -1.76. The molecule has 0 amide bonds. The standard InChI is InChI=1S/C15H15O/c1-11-9-12(2)15(13(3)10-11)16-14-7-5-4-6-8-14/h4-5,7-10H,1-3H3. The van der Waals surface area contributed by atoms with Gasteiger partial charge in [0, 0.05) is 0 Å². The minimum absolute atomic E-state index is 0.831. The van der Waals surface area contributed by atoms with Crippen LogP contribution in [0.25, 0.3) is 0 Å². The number of benzene rings is 2. The lowest BCUT2D eigenvalue weighted by Gasteiger charge is -2.12.